The first-order valence-corrected chi connectivity index (χ1v) is 24.3. The van der Waals surface area contributed by atoms with Gasteiger partial charge in [-0.15, -0.1) is 0 Å². The number of fused-ring (bicyclic) bond motifs is 4. The number of hydrogen-bond acceptors (Lipinski definition) is 12. The molecule has 0 bridgehead atoms. The summed E-state index contributed by atoms with van der Waals surface area (Å²) in [7, 11) is 1.98. The first-order valence-electron chi connectivity index (χ1n) is 24.3. The van der Waals surface area contributed by atoms with E-state index in [0.717, 1.165) is 46.5 Å². The number of nitrogens with one attached hydrogen (secondary N) is 4. The van der Waals surface area contributed by atoms with Crippen molar-refractivity contribution in [1.29, 1.82) is 0 Å². The molecule has 2 saturated heterocycles. The minimum absolute atomic E-state index is 0.0540. The first-order chi connectivity index (χ1) is 36.4. The first kappa shape index (κ1) is 51.5. The van der Waals surface area contributed by atoms with E-state index in [1.54, 1.807) is 52.3 Å². The maximum atomic E-state index is 13.2. The van der Waals surface area contributed by atoms with E-state index < -0.39 is 17.7 Å². The standard InChI is InChI=1S/C28H27N5O6.C27H27N5O5/c1-16(27(37)32-11-9-31(10-12-32)18(3)34)29-26(36)17(2)33-14-22-20(5-4-6-21(22)28(33)38)19-7-8-23-24(13-19)39-15-25(35)30-23;1-16(26(35)31-11-9-30(3)10-12-31)28-25(34)17(2)32-14-21-19(5-4-6-20(21)27(32)36)18-7-8-22-23(13-18)37-15-24(33)29-22/h4-8,13H,1-2,9-12,14-15H2,3H3,(H,29,36)(H,30,35);4-8,13H,1-2,9-12,14-15H2,3H3,(H,28,34)(H,29,33). The lowest BCUT2D eigenvalue weighted by Crippen LogP contribution is -2.51. The Labute approximate surface area is 437 Å². The van der Waals surface area contributed by atoms with E-state index >= 15 is 0 Å². The lowest BCUT2D eigenvalue weighted by atomic mass is 9.96. The normalized spacial score (nSPS) is 16.5. The Hall–Kier alpha value is -9.37. The summed E-state index contributed by atoms with van der Waals surface area (Å²) in [5.41, 5.74) is 6.32. The quantitative estimate of drug-likeness (QED) is 0.168. The molecule has 0 aromatic heterocycles. The van der Waals surface area contributed by atoms with Crippen LogP contribution in [0.4, 0.5) is 11.4 Å². The van der Waals surface area contributed by atoms with E-state index in [-0.39, 0.29) is 84.5 Å². The summed E-state index contributed by atoms with van der Waals surface area (Å²) >= 11 is 0. The van der Waals surface area contributed by atoms with Crippen LogP contribution in [0.25, 0.3) is 22.3 Å². The molecule has 6 aliphatic heterocycles. The highest BCUT2D eigenvalue weighted by Gasteiger charge is 2.36. The molecule has 4 N–H and O–H groups in total. The summed E-state index contributed by atoms with van der Waals surface area (Å²) in [4.78, 5) is 122. The van der Waals surface area contributed by atoms with Crippen LogP contribution < -0.4 is 30.7 Å². The predicted molar refractivity (Wildman–Crippen MR) is 278 cm³/mol. The smallest absolute Gasteiger partial charge is 0.271 e. The van der Waals surface area contributed by atoms with Crippen LogP contribution in [0.2, 0.25) is 0 Å². The average molecular weight is 1030 g/mol. The lowest BCUT2D eigenvalue weighted by Gasteiger charge is -2.34. The van der Waals surface area contributed by atoms with Crippen LogP contribution in [0.1, 0.15) is 38.8 Å². The molecule has 0 spiro atoms. The summed E-state index contributed by atoms with van der Waals surface area (Å²) in [5.74, 6) is -2.34. The zero-order valence-electron chi connectivity index (χ0n) is 41.9. The van der Waals surface area contributed by atoms with E-state index in [1.807, 2.05) is 37.4 Å². The second kappa shape index (κ2) is 21.2. The second-order valence-corrected chi connectivity index (χ2v) is 18.7. The van der Waals surface area contributed by atoms with Crippen molar-refractivity contribution >= 4 is 64.5 Å². The van der Waals surface area contributed by atoms with Crippen molar-refractivity contribution in [1.82, 2.24) is 40.0 Å². The number of rotatable bonds is 10. The molecule has 76 heavy (non-hydrogen) atoms. The van der Waals surface area contributed by atoms with E-state index in [2.05, 4.69) is 52.5 Å². The lowest BCUT2D eigenvalue weighted by molar-refractivity contribution is -0.136. The SMILES string of the molecule is C=C(NC(=O)C(=C)N1Cc2c(cccc2-c2ccc3c(c2)OCC(=O)N3)C1=O)C(=O)N1CCN(C(C)=O)CC1.C=C(NC(=O)C(=C)N1Cc2c(cccc2-c2ccc3c(c2)OCC(=O)N3)C1=O)C(=O)N1CCN(C)CC1. The number of piperazine rings is 2. The molecule has 6 heterocycles. The van der Waals surface area contributed by atoms with Gasteiger partial charge in [0.1, 0.15) is 22.9 Å². The van der Waals surface area contributed by atoms with Crippen LogP contribution in [0, 0.1) is 0 Å². The molecule has 0 saturated carbocycles. The maximum Gasteiger partial charge on any atom is 0.271 e. The molecular weight excluding hydrogens is 977 g/mol. The third-order valence-corrected chi connectivity index (χ3v) is 13.8. The Morgan fingerprint density at radius 1 is 0.526 bits per heavy atom. The molecule has 10 rings (SSSR count). The molecule has 6 aliphatic rings. The van der Waals surface area contributed by atoms with Crippen molar-refractivity contribution < 1.29 is 52.6 Å². The van der Waals surface area contributed by atoms with Gasteiger partial charge in [0, 0.05) is 70.4 Å². The van der Waals surface area contributed by atoms with Gasteiger partial charge in [-0.1, -0.05) is 62.7 Å². The van der Waals surface area contributed by atoms with Gasteiger partial charge in [0.2, 0.25) is 5.91 Å². The fourth-order valence-electron chi connectivity index (χ4n) is 9.51. The zero-order chi connectivity index (χ0) is 54.1. The van der Waals surface area contributed by atoms with Crippen molar-refractivity contribution in [3.8, 4) is 33.8 Å². The summed E-state index contributed by atoms with van der Waals surface area (Å²) in [5, 5.41) is 10.5. The van der Waals surface area contributed by atoms with Crippen molar-refractivity contribution in [2.75, 3.05) is 83.3 Å². The van der Waals surface area contributed by atoms with Gasteiger partial charge in [0.25, 0.3) is 47.3 Å². The number of ether oxygens (including phenoxy) is 2. The van der Waals surface area contributed by atoms with E-state index in [1.165, 1.54) is 21.6 Å². The monoisotopic (exact) mass is 1030 g/mol. The molecule has 4 aromatic rings. The van der Waals surface area contributed by atoms with Crippen LogP contribution in [0.3, 0.4) is 0 Å². The Morgan fingerprint density at radius 2 is 0.908 bits per heavy atom. The predicted octanol–water partition coefficient (Wildman–Crippen LogP) is 3.03. The van der Waals surface area contributed by atoms with Gasteiger partial charge in [-0.2, -0.15) is 0 Å². The maximum absolute atomic E-state index is 13.2. The fraction of sp³-hybridized carbons (Fsp3) is 0.255. The van der Waals surface area contributed by atoms with Gasteiger partial charge in [0.05, 0.1) is 35.9 Å². The second-order valence-electron chi connectivity index (χ2n) is 18.7. The Kier molecular flexibility index (Phi) is 14.4. The van der Waals surface area contributed by atoms with Crippen LogP contribution in [0.5, 0.6) is 11.5 Å². The molecule has 9 amide bonds. The summed E-state index contributed by atoms with van der Waals surface area (Å²) < 4.78 is 11.1. The third-order valence-electron chi connectivity index (χ3n) is 13.8. The molecule has 4 aromatic carbocycles. The number of nitrogens with zero attached hydrogens (tertiary/aromatic N) is 6. The van der Waals surface area contributed by atoms with Gasteiger partial charge in [-0.3, -0.25) is 53.0 Å². The van der Waals surface area contributed by atoms with Crippen LogP contribution >= 0.6 is 0 Å². The number of likely N-dealkylation sites (N-methyl/N-ethyl adjacent to an activating group) is 1. The van der Waals surface area contributed by atoms with Crippen molar-refractivity contribution in [2.24, 2.45) is 0 Å². The largest absolute Gasteiger partial charge is 0.482 e. The molecule has 21 heteroatoms. The van der Waals surface area contributed by atoms with E-state index in [4.69, 9.17) is 9.47 Å². The Morgan fingerprint density at radius 3 is 1.32 bits per heavy atom. The highest BCUT2D eigenvalue weighted by molar-refractivity contribution is 6.10. The average Bonchev–Trinajstić information content (AvgIpc) is 3.98. The summed E-state index contributed by atoms with van der Waals surface area (Å²) in [6.45, 7) is 20.7. The highest BCUT2D eigenvalue weighted by atomic mass is 16.5. The zero-order valence-corrected chi connectivity index (χ0v) is 41.9. The van der Waals surface area contributed by atoms with Gasteiger partial charge in [0.15, 0.2) is 13.2 Å². The van der Waals surface area contributed by atoms with Crippen LogP contribution in [0.15, 0.2) is 122 Å². The molecule has 21 nitrogen and oxygen atoms in total. The minimum atomic E-state index is -0.712. The van der Waals surface area contributed by atoms with Gasteiger partial charge >= 0.3 is 0 Å². The highest BCUT2D eigenvalue weighted by Crippen LogP contribution is 2.40. The molecule has 0 radical (unpaired) electrons. The van der Waals surface area contributed by atoms with E-state index in [0.29, 0.717) is 73.3 Å². The number of hydrogen-bond donors (Lipinski definition) is 4. The molecule has 2 fully saturated rings. The Balaban J connectivity index is 0.000000186. The Bertz CT molecular complexity index is 3240. The molecule has 390 valence electrons. The number of carbonyl (C=O) groups is 9. The van der Waals surface area contributed by atoms with Crippen LogP contribution in [-0.2, 0) is 46.7 Å². The third kappa shape index (κ3) is 10.4. The van der Waals surface area contributed by atoms with Gasteiger partial charge in [-0.05, 0) is 76.8 Å². The van der Waals surface area contributed by atoms with Crippen molar-refractivity contribution in [3.05, 3.63) is 144 Å². The summed E-state index contributed by atoms with van der Waals surface area (Å²) in [6, 6.07) is 21.4. The topological polar surface area (TPSA) is 240 Å². The molecule has 0 aliphatic carbocycles. The number of benzene rings is 4. The van der Waals surface area contributed by atoms with E-state index in [9.17, 15) is 43.2 Å². The molecule has 0 atom stereocenters. The number of anilines is 2. The fourth-order valence-corrected chi connectivity index (χ4v) is 9.51. The number of carbonyl (C=O) groups excluding carboxylic acids is 9. The van der Waals surface area contributed by atoms with Crippen LogP contribution in [-0.4, -0.2) is 155 Å². The van der Waals surface area contributed by atoms with Gasteiger partial charge < -0.3 is 50.3 Å². The van der Waals surface area contributed by atoms with Crippen molar-refractivity contribution in [2.45, 2.75) is 20.0 Å². The summed E-state index contributed by atoms with van der Waals surface area (Å²) in [6.07, 6.45) is 0. The van der Waals surface area contributed by atoms with Crippen molar-refractivity contribution in [3.63, 3.8) is 0 Å². The minimum Gasteiger partial charge on any atom is -0.482 e. The number of amides is 9. The molecule has 0 unspecified atom stereocenters. The molecular formula is C55H54N10O11. The van der Waals surface area contributed by atoms with Gasteiger partial charge in [-0.25, -0.2) is 0 Å².